The molecule has 5 rings (SSSR count). The molecule has 0 aliphatic carbocycles. The number of nitrogens with one attached hydrogen (secondary N) is 2. The molecule has 0 saturated carbocycles. The number of nitrogens with zero attached hydrogens (tertiary/aromatic N) is 3. The van der Waals surface area contributed by atoms with Crippen LogP contribution in [0, 0.1) is 0 Å². The summed E-state index contributed by atoms with van der Waals surface area (Å²) in [5.41, 5.74) is 5.55. The van der Waals surface area contributed by atoms with Crippen LogP contribution in [-0.4, -0.2) is 84.8 Å². The van der Waals surface area contributed by atoms with Crippen molar-refractivity contribution in [3.63, 3.8) is 0 Å². The Labute approximate surface area is 171 Å². The van der Waals surface area contributed by atoms with E-state index >= 15 is 0 Å². The molecular formula is C21H29N5O3. The first-order chi connectivity index (χ1) is 14.2. The van der Waals surface area contributed by atoms with E-state index in [2.05, 4.69) is 27.9 Å². The van der Waals surface area contributed by atoms with Crippen LogP contribution in [0.25, 0.3) is 0 Å². The van der Waals surface area contributed by atoms with Gasteiger partial charge in [0.2, 0.25) is 0 Å². The first kappa shape index (κ1) is 19.0. The van der Waals surface area contributed by atoms with Crippen molar-refractivity contribution in [2.24, 2.45) is 0 Å². The topological polar surface area (TPSA) is 77.2 Å². The third kappa shape index (κ3) is 3.77. The van der Waals surface area contributed by atoms with Gasteiger partial charge in [-0.3, -0.25) is 14.9 Å². The van der Waals surface area contributed by atoms with Crippen LogP contribution in [0.3, 0.4) is 0 Å². The number of benzene rings is 1. The Morgan fingerprint density at radius 1 is 0.931 bits per heavy atom. The number of hydrogen-bond acceptors (Lipinski definition) is 6. The molecule has 0 spiro atoms. The monoisotopic (exact) mass is 399 g/mol. The fourth-order valence-corrected chi connectivity index (χ4v) is 4.67. The van der Waals surface area contributed by atoms with Gasteiger partial charge < -0.3 is 14.5 Å². The SMILES string of the molecule is O=C(c1ccc(C2CCC3NCCN3N2)cc1)N1CCN(C(=O)C2CCO2)CC1. The van der Waals surface area contributed by atoms with Crippen LogP contribution in [0.2, 0.25) is 0 Å². The highest BCUT2D eigenvalue weighted by atomic mass is 16.5. The third-order valence-electron chi connectivity index (χ3n) is 6.57. The van der Waals surface area contributed by atoms with Crippen LogP contribution in [0.5, 0.6) is 0 Å². The van der Waals surface area contributed by atoms with Crippen molar-refractivity contribution in [3.05, 3.63) is 35.4 Å². The quantitative estimate of drug-likeness (QED) is 0.763. The lowest BCUT2D eigenvalue weighted by Crippen LogP contribution is -2.54. The number of amides is 2. The predicted molar refractivity (Wildman–Crippen MR) is 107 cm³/mol. The van der Waals surface area contributed by atoms with E-state index in [1.54, 1.807) is 0 Å². The molecule has 0 aromatic heterocycles. The van der Waals surface area contributed by atoms with E-state index in [1.807, 2.05) is 21.9 Å². The summed E-state index contributed by atoms with van der Waals surface area (Å²) in [7, 11) is 0. The molecule has 2 amide bonds. The molecule has 4 aliphatic rings. The van der Waals surface area contributed by atoms with Gasteiger partial charge in [-0.25, -0.2) is 10.4 Å². The lowest BCUT2D eigenvalue weighted by molar-refractivity contribution is -0.157. The van der Waals surface area contributed by atoms with Crippen molar-refractivity contribution in [1.29, 1.82) is 0 Å². The Balaban J connectivity index is 1.16. The van der Waals surface area contributed by atoms with Gasteiger partial charge in [-0.15, -0.1) is 0 Å². The molecule has 8 heteroatoms. The molecule has 1 aromatic carbocycles. The average molecular weight is 399 g/mol. The first-order valence-electron chi connectivity index (χ1n) is 10.7. The van der Waals surface area contributed by atoms with E-state index in [0.717, 1.165) is 32.4 Å². The van der Waals surface area contributed by atoms with Gasteiger partial charge in [-0.1, -0.05) is 12.1 Å². The fraction of sp³-hybridized carbons (Fsp3) is 0.619. The zero-order valence-corrected chi connectivity index (χ0v) is 16.7. The molecule has 8 nitrogen and oxygen atoms in total. The Hall–Kier alpha value is -2.00. The molecule has 29 heavy (non-hydrogen) atoms. The maximum Gasteiger partial charge on any atom is 0.253 e. The molecule has 4 saturated heterocycles. The van der Waals surface area contributed by atoms with Crippen molar-refractivity contribution in [2.45, 2.75) is 37.6 Å². The van der Waals surface area contributed by atoms with Crippen LogP contribution in [0.4, 0.5) is 0 Å². The second-order valence-corrected chi connectivity index (χ2v) is 8.31. The van der Waals surface area contributed by atoms with Gasteiger partial charge in [-0.2, -0.15) is 0 Å². The molecule has 4 fully saturated rings. The van der Waals surface area contributed by atoms with Gasteiger partial charge in [0.05, 0.1) is 12.8 Å². The summed E-state index contributed by atoms with van der Waals surface area (Å²) >= 11 is 0. The standard InChI is InChI=1S/C21H29N5O3/c27-20(24-10-12-25(13-11-24)21(28)18-7-14-29-18)16-3-1-15(2-4-16)17-5-6-19-22-8-9-26(19)23-17/h1-4,17-19,22-23H,5-14H2. The van der Waals surface area contributed by atoms with E-state index in [9.17, 15) is 9.59 Å². The maximum absolute atomic E-state index is 12.9. The zero-order valence-electron chi connectivity index (χ0n) is 16.7. The Bertz CT molecular complexity index is 758. The van der Waals surface area contributed by atoms with Crippen molar-refractivity contribution in [1.82, 2.24) is 25.6 Å². The number of rotatable bonds is 3. The normalized spacial score (nSPS) is 30.0. The summed E-state index contributed by atoms with van der Waals surface area (Å²) in [6, 6.07) is 8.32. The summed E-state index contributed by atoms with van der Waals surface area (Å²) in [5, 5.41) is 5.79. The molecule has 2 N–H and O–H groups in total. The average Bonchev–Trinajstić information content (AvgIpc) is 3.20. The van der Waals surface area contributed by atoms with Crippen molar-refractivity contribution < 1.29 is 14.3 Å². The van der Waals surface area contributed by atoms with E-state index in [1.165, 1.54) is 5.56 Å². The predicted octanol–water partition coefficient (Wildman–Crippen LogP) is 0.331. The number of hydrogen-bond donors (Lipinski definition) is 2. The molecular weight excluding hydrogens is 370 g/mol. The van der Waals surface area contributed by atoms with Crippen LogP contribution < -0.4 is 10.7 Å². The first-order valence-corrected chi connectivity index (χ1v) is 10.7. The van der Waals surface area contributed by atoms with Crippen LogP contribution in [0.15, 0.2) is 24.3 Å². The molecule has 156 valence electrons. The van der Waals surface area contributed by atoms with Gasteiger partial charge >= 0.3 is 0 Å². The Kier molecular flexibility index (Phi) is 5.26. The zero-order chi connectivity index (χ0) is 19.8. The van der Waals surface area contributed by atoms with Gasteiger partial charge in [0.25, 0.3) is 11.8 Å². The highest BCUT2D eigenvalue weighted by Crippen LogP contribution is 2.27. The number of fused-ring (bicyclic) bond motifs is 1. The fourth-order valence-electron chi connectivity index (χ4n) is 4.67. The van der Waals surface area contributed by atoms with Gasteiger partial charge in [0.15, 0.2) is 0 Å². The van der Waals surface area contributed by atoms with Crippen molar-refractivity contribution in [2.75, 3.05) is 45.9 Å². The van der Waals surface area contributed by atoms with Crippen LogP contribution >= 0.6 is 0 Å². The molecule has 0 radical (unpaired) electrons. The molecule has 3 unspecified atom stereocenters. The highest BCUT2D eigenvalue weighted by molar-refractivity contribution is 5.94. The van der Waals surface area contributed by atoms with E-state index in [0.29, 0.717) is 50.6 Å². The minimum absolute atomic E-state index is 0.0453. The summed E-state index contributed by atoms with van der Waals surface area (Å²) in [5.74, 6) is 0.118. The minimum atomic E-state index is -0.259. The number of hydrazine groups is 1. The van der Waals surface area contributed by atoms with E-state index in [-0.39, 0.29) is 17.9 Å². The van der Waals surface area contributed by atoms with E-state index < -0.39 is 0 Å². The second-order valence-electron chi connectivity index (χ2n) is 8.31. The summed E-state index contributed by atoms with van der Waals surface area (Å²) in [6.45, 7) is 5.05. The summed E-state index contributed by atoms with van der Waals surface area (Å²) < 4.78 is 5.29. The summed E-state index contributed by atoms with van der Waals surface area (Å²) in [4.78, 5) is 28.8. The number of carbonyl (C=O) groups excluding carboxylic acids is 2. The van der Waals surface area contributed by atoms with Crippen LogP contribution in [-0.2, 0) is 9.53 Å². The number of carbonyl (C=O) groups is 2. The molecule has 4 aliphatic heterocycles. The molecule has 0 bridgehead atoms. The van der Waals surface area contributed by atoms with Crippen molar-refractivity contribution in [3.8, 4) is 0 Å². The minimum Gasteiger partial charge on any atom is -0.368 e. The van der Waals surface area contributed by atoms with Gasteiger partial charge in [-0.05, 0) is 30.5 Å². The Morgan fingerprint density at radius 3 is 2.34 bits per heavy atom. The third-order valence-corrected chi connectivity index (χ3v) is 6.57. The molecule has 1 aromatic rings. The van der Waals surface area contributed by atoms with Gasteiger partial charge in [0.1, 0.15) is 6.10 Å². The molecule has 4 heterocycles. The summed E-state index contributed by atoms with van der Waals surface area (Å²) in [6.07, 6.45) is 3.23. The Morgan fingerprint density at radius 2 is 1.66 bits per heavy atom. The number of piperazine rings is 1. The van der Waals surface area contributed by atoms with Gasteiger partial charge in [0, 0.05) is 57.3 Å². The lowest BCUT2D eigenvalue weighted by Gasteiger charge is -2.38. The lowest BCUT2D eigenvalue weighted by atomic mass is 9.98. The van der Waals surface area contributed by atoms with E-state index in [4.69, 9.17) is 4.74 Å². The maximum atomic E-state index is 12.9. The smallest absolute Gasteiger partial charge is 0.253 e. The highest BCUT2D eigenvalue weighted by Gasteiger charge is 2.34. The second kappa shape index (κ2) is 8.02. The molecule has 3 atom stereocenters. The number of ether oxygens (including phenoxy) is 1. The largest absolute Gasteiger partial charge is 0.368 e. The van der Waals surface area contributed by atoms with Crippen LogP contribution in [0.1, 0.15) is 41.2 Å². The van der Waals surface area contributed by atoms with Crippen molar-refractivity contribution >= 4 is 11.8 Å².